The SMILES string of the molecule is CCN1CCN(c2nc3ccccc3cc2-c2ccccc2)CC1. The predicted molar refractivity (Wildman–Crippen MR) is 102 cm³/mol. The third kappa shape index (κ3) is 2.87. The number of nitrogens with zero attached hydrogens (tertiary/aromatic N) is 3. The Morgan fingerprint density at radius 1 is 0.875 bits per heavy atom. The minimum Gasteiger partial charge on any atom is -0.354 e. The van der Waals surface area contributed by atoms with E-state index in [9.17, 15) is 0 Å². The summed E-state index contributed by atoms with van der Waals surface area (Å²) in [5.74, 6) is 1.12. The number of aromatic nitrogens is 1. The summed E-state index contributed by atoms with van der Waals surface area (Å²) in [5, 5.41) is 1.20. The van der Waals surface area contributed by atoms with E-state index in [4.69, 9.17) is 4.98 Å². The number of pyridine rings is 1. The lowest BCUT2D eigenvalue weighted by Gasteiger charge is -2.35. The fraction of sp³-hybridized carbons (Fsp3) is 0.286. The summed E-state index contributed by atoms with van der Waals surface area (Å²) in [7, 11) is 0. The minimum atomic E-state index is 1.04. The van der Waals surface area contributed by atoms with Gasteiger partial charge < -0.3 is 9.80 Å². The van der Waals surface area contributed by atoms with E-state index in [0.717, 1.165) is 44.1 Å². The summed E-state index contributed by atoms with van der Waals surface area (Å²) in [5.41, 5.74) is 3.55. The minimum absolute atomic E-state index is 1.04. The predicted octanol–water partition coefficient (Wildman–Crippen LogP) is 4.04. The van der Waals surface area contributed by atoms with Crippen molar-refractivity contribution in [3.63, 3.8) is 0 Å². The van der Waals surface area contributed by atoms with Gasteiger partial charge in [0.15, 0.2) is 0 Å². The van der Waals surface area contributed by atoms with Gasteiger partial charge in [-0.1, -0.05) is 55.5 Å². The average molecular weight is 317 g/mol. The van der Waals surface area contributed by atoms with Gasteiger partial charge in [0, 0.05) is 37.1 Å². The summed E-state index contributed by atoms with van der Waals surface area (Å²) in [4.78, 5) is 9.98. The van der Waals surface area contributed by atoms with Crippen molar-refractivity contribution in [2.24, 2.45) is 0 Å². The highest BCUT2D eigenvalue weighted by molar-refractivity contribution is 5.89. The van der Waals surface area contributed by atoms with Gasteiger partial charge in [-0.15, -0.1) is 0 Å². The summed E-state index contributed by atoms with van der Waals surface area (Å²) in [6.07, 6.45) is 0. The molecule has 1 aromatic heterocycles. The van der Waals surface area contributed by atoms with Crippen LogP contribution in [0.4, 0.5) is 5.82 Å². The quantitative estimate of drug-likeness (QED) is 0.726. The second-order valence-corrected chi connectivity index (χ2v) is 6.34. The van der Waals surface area contributed by atoms with Crippen molar-refractivity contribution in [2.75, 3.05) is 37.6 Å². The maximum Gasteiger partial charge on any atom is 0.137 e. The first kappa shape index (κ1) is 15.2. The molecule has 0 saturated carbocycles. The molecule has 0 bridgehead atoms. The first-order valence-corrected chi connectivity index (χ1v) is 8.77. The van der Waals surface area contributed by atoms with E-state index >= 15 is 0 Å². The van der Waals surface area contributed by atoms with E-state index in [1.807, 2.05) is 0 Å². The number of hydrogen-bond acceptors (Lipinski definition) is 3. The van der Waals surface area contributed by atoms with Crippen LogP contribution in [0.5, 0.6) is 0 Å². The van der Waals surface area contributed by atoms with Crippen molar-refractivity contribution in [3.05, 3.63) is 60.7 Å². The van der Waals surface area contributed by atoms with E-state index in [0.29, 0.717) is 0 Å². The third-order valence-corrected chi connectivity index (χ3v) is 4.91. The Kier molecular flexibility index (Phi) is 4.18. The molecule has 1 fully saturated rings. The van der Waals surface area contributed by atoms with Gasteiger partial charge in [0.25, 0.3) is 0 Å². The molecule has 0 unspecified atom stereocenters. The lowest BCUT2D eigenvalue weighted by Crippen LogP contribution is -2.46. The fourth-order valence-electron chi connectivity index (χ4n) is 3.45. The molecule has 0 amide bonds. The molecule has 24 heavy (non-hydrogen) atoms. The van der Waals surface area contributed by atoms with Gasteiger partial charge in [0.1, 0.15) is 5.82 Å². The van der Waals surface area contributed by atoms with E-state index in [1.165, 1.54) is 16.5 Å². The average Bonchev–Trinajstić information content (AvgIpc) is 2.68. The van der Waals surface area contributed by atoms with E-state index in [-0.39, 0.29) is 0 Å². The largest absolute Gasteiger partial charge is 0.354 e. The lowest BCUT2D eigenvalue weighted by atomic mass is 10.0. The molecule has 2 aromatic carbocycles. The van der Waals surface area contributed by atoms with Crippen LogP contribution in [0.1, 0.15) is 6.92 Å². The fourth-order valence-corrected chi connectivity index (χ4v) is 3.45. The highest BCUT2D eigenvalue weighted by Crippen LogP contribution is 2.32. The molecule has 3 aromatic rings. The van der Waals surface area contributed by atoms with Crippen LogP contribution in [-0.4, -0.2) is 42.6 Å². The first-order chi connectivity index (χ1) is 11.8. The number of hydrogen-bond donors (Lipinski definition) is 0. The zero-order valence-electron chi connectivity index (χ0n) is 14.2. The van der Waals surface area contributed by atoms with Crippen molar-refractivity contribution in [1.29, 1.82) is 0 Å². The second kappa shape index (κ2) is 6.62. The van der Waals surface area contributed by atoms with Crippen LogP contribution >= 0.6 is 0 Å². The molecule has 4 rings (SSSR count). The Bertz CT molecular complexity index is 821. The summed E-state index contributed by atoms with van der Waals surface area (Å²) in [6, 6.07) is 21.3. The molecule has 0 radical (unpaired) electrons. The number of anilines is 1. The Morgan fingerprint density at radius 3 is 2.33 bits per heavy atom. The molecule has 3 nitrogen and oxygen atoms in total. The van der Waals surface area contributed by atoms with Crippen molar-refractivity contribution < 1.29 is 0 Å². The number of benzene rings is 2. The molecule has 0 aliphatic carbocycles. The molecule has 3 heteroatoms. The van der Waals surface area contributed by atoms with Crippen molar-refractivity contribution in [3.8, 4) is 11.1 Å². The van der Waals surface area contributed by atoms with Crippen molar-refractivity contribution in [2.45, 2.75) is 6.92 Å². The Hall–Kier alpha value is -2.39. The van der Waals surface area contributed by atoms with Gasteiger partial charge in [-0.2, -0.15) is 0 Å². The molecule has 0 atom stereocenters. The number of para-hydroxylation sites is 1. The first-order valence-electron chi connectivity index (χ1n) is 8.77. The monoisotopic (exact) mass is 317 g/mol. The smallest absolute Gasteiger partial charge is 0.137 e. The van der Waals surface area contributed by atoms with Crippen LogP contribution in [0.25, 0.3) is 22.0 Å². The highest BCUT2D eigenvalue weighted by atomic mass is 15.3. The normalized spacial score (nSPS) is 15.8. The standard InChI is InChI=1S/C21H23N3/c1-2-23-12-14-24(15-13-23)21-19(17-8-4-3-5-9-17)16-18-10-6-7-11-20(18)22-21/h3-11,16H,2,12-15H2,1H3. The second-order valence-electron chi connectivity index (χ2n) is 6.34. The molecule has 122 valence electrons. The van der Waals surface area contributed by atoms with Gasteiger partial charge in [-0.25, -0.2) is 4.98 Å². The topological polar surface area (TPSA) is 19.4 Å². The van der Waals surface area contributed by atoms with Crippen LogP contribution in [0.3, 0.4) is 0 Å². The van der Waals surface area contributed by atoms with Gasteiger partial charge in [-0.3, -0.25) is 0 Å². The van der Waals surface area contributed by atoms with E-state index in [2.05, 4.69) is 77.4 Å². The Labute approximate surface area is 143 Å². The van der Waals surface area contributed by atoms with Gasteiger partial charge in [0.2, 0.25) is 0 Å². The van der Waals surface area contributed by atoms with Crippen LogP contribution in [0, 0.1) is 0 Å². The molecule has 0 spiro atoms. The summed E-state index contributed by atoms with van der Waals surface area (Å²) in [6.45, 7) is 7.67. The molecule has 1 aliphatic rings. The number of likely N-dealkylation sites (N-methyl/N-ethyl adjacent to an activating group) is 1. The maximum atomic E-state index is 5.03. The van der Waals surface area contributed by atoms with Crippen molar-refractivity contribution in [1.82, 2.24) is 9.88 Å². The van der Waals surface area contributed by atoms with Crippen LogP contribution in [0.2, 0.25) is 0 Å². The van der Waals surface area contributed by atoms with Crippen LogP contribution < -0.4 is 4.90 Å². The molecule has 1 aliphatic heterocycles. The zero-order chi connectivity index (χ0) is 16.4. The molecule has 1 saturated heterocycles. The van der Waals surface area contributed by atoms with Gasteiger partial charge in [0.05, 0.1) is 5.52 Å². The maximum absolute atomic E-state index is 5.03. The Morgan fingerprint density at radius 2 is 1.58 bits per heavy atom. The molecule has 2 heterocycles. The molecular weight excluding hydrogens is 294 g/mol. The lowest BCUT2D eigenvalue weighted by molar-refractivity contribution is 0.270. The number of rotatable bonds is 3. The number of fused-ring (bicyclic) bond motifs is 1. The molecular formula is C21H23N3. The van der Waals surface area contributed by atoms with Gasteiger partial charge in [-0.05, 0) is 24.2 Å². The number of piperazine rings is 1. The zero-order valence-corrected chi connectivity index (χ0v) is 14.2. The van der Waals surface area contributed by atoms with Crippen LogP contribution in [-0.2, 0) is 0 Å². The highest BCUT2D eigenvalue weighted by Gasteiger charge is 2.20. The van der Waals surface area contributed by atoms with E-state index < -0.39 is 0 Å². The summed E-state index contributed by atoms with van der Waals surface area (Å²) >= 11 is 0. The van der Waals surface area contributed by atoms with Gasteiger partial charge >= 0.3 is 0 Å². The molecule has 0 N–H and O–H groups in total. The summed E-state index contributed by atoms with van der Waals surface area (Å²) < 4.78 is 0. The third-order valence-electron chi connectivity index (χ3n) is 4.91. The van der Waals surface area contributed by atoms with E-state index in [1.54, 1.807) is 0 Å². The van der Waals surface area contributed by atoms with Crippen LogP contribution in [0.15, 0.2) is 60.7 Å². The Balaban J connectivity index is 1.80. The van der Waals surface area contributed by atoms with Crippen molar-refractivity contribution >= 4 is 16.7 Å².